The molecule has 1 N–H and O–H groups in total. The molecule has 2 aliphatic rings. The van der Waals surface area contributed by atoms with E-state index in [1.54, 1.807) is 0 Å². The lowest BCUT2D eigenvalue weighted by Crippen LogP contribution is -2.63. The van der Waals surface area contributed by atoms with E-state index in [4.69, 9.17) is 4.74 Å². The van der Waals surface area contributed by atoms with Crippen LogP contribution in [0.25, 0.3) is 0 Å². The summed E-state index contributed by atoms with van der Waals surface area (Å²) in [5.41, 5.74) is 0.328. The minimum absolute atomic E-state index is 0.0221. The van der Waals surface area contributed by atoms with Crippen molar-refractivity contribution in [3.63, 3.8) is 0 Å². The van der Waals surface area contributed by atoms with Crippen molar-refractivity contribution in [2.75, 3.05) is 18.1 Å². The van der Waals surface area contributed by atoms with Crippen LogP contribution in [0.4, 0.5) is 0 Å². The summed E-state index contributed by atoms with van der Waals surface area (Å²) < 4.78 is 5.98. The lowest BCUT2D eigenvalue weighted by atomic mass is 9.89. The number of thioether (sulfide) groups is 1. The zero-order valence-electron chi connectivity index (χ0n) is 9.27. The SMILES string of the molecule is CCC1(C)CCOC2(CCSCC2)N1. The van der Waals surface area contributed by atoms with Gasteiger partial charge in [0.05, 0.1) is 6.61 Å². The molecule has 0 bridgehead atoms. The van der Waals surface area contributed by atoms with Gasteiger partial charge in [0, 0.05) is 5.54 Å². The molecule has 2 nitrogen and oxygen atoms in total. The topological polar surface area (TPSA) is 21.3 Å². The zero-order chi connectivity index (χ0) is 10.1. The van der Waals surface area contributed by atoms with Crippen LogP contribution in [0.5, 0.6) is 0 Å². The van der Waals surface area contributed by atoms with Crippen molar-refractivity contribution >= 4 is 11.8 Å². The van der Waals surface area contributed by atoms with Gasteiger partial charge in [-0.05, 0) is 44.1 Å². The summed E-state index contributed by atoms with van der Waals surface area (Å²) in [6.07, 6.45) is 4.70. The Hall–Kier alpha value is 0.270. The minimum atomic E-state index is 0.0221. The van der Waals surface area contributed by atoms with E-state index < -0.39 is 0 Å². The maximum absolute atomic E-state index is 5.98. The van der Waals surface area contributed by atoms with Crippen molar-refractivity contribution in [1.29, 1.82) is 0 Å². The average molecular weight is 215 g/mol. The molecule has 0 aromatic heterocycles. The molecule has 0 amide bonds. The highest BCUT2D eigenvalue weighted by atomic mass is 32.2. The smallest absolute Gasteiger partial charge is 0.121 e. The van der Waals surface area contributed by atoms with Crippen LogP contribution in [0.15, 0.2) is 0 Å². The third kappa shape index (κ3) is 2.10. The molecular weight excluding hydrogens is 194 g/mol. The largest absolute Gasteiger partial charge is 0.360 e. The highest BCUT2D eigenvalue weighted by molar-refractivity contribution is 7.99. The van der Waals surface area contributed by atoms with Crippen LogP contribution in [0, 0.1) is 0 Å². The van der Waals surface area contributed by atoms with Crippen molar-refractivity contribution in [2.45, 2.75) is 50.8 Å². The standard InChI is InChI=1S/C11H21NOS/c1-3-10(2)4-7-13-11(12-10)5-8-14-9-6-11/h12H,3-9H2,1-2H3. The van der Waals surface area contributed by atoms with Gasteiger partial charge in [-0.2, -0.15) is 11.8 Å². The summed E-state index contributed by atoms with van der Waals surface area (Å²) in [4.78, 5) is 0. The molecule has 0 radical (unpaired) electrons. The number of hydrogen-bond acceptors (Lipinski definition) is 3. The molecule has 2 aliphatic heterocycles. The van der Waals surface area contributed by atoms with Crippen LogP contribution >= 0.6 is 11.8 Å². The van der Waals surface area contributed by atoms with Gasteiger partial charge in [0.1, 0.15) is 5.72 Å². The average Bonchev–Trinajstić information content (AvgIpc) is 2.19. The van der Waals surface area contributed by atoms with Crippen LogP contribution in [-0.2, 0) is 4.74 Å². The molecule has 2 fully saturated rings. The summed E-state index contributed by atoms with van der Waals surface area (Å²) in [6, 6.07) is 0. The number of rotatable bonds is 1. The summed E-state index contributed by atoms with van der Waals surface area (Å²) in [5.74, 6) is 2.49. The second-order valence-electron chi connectivity index (χ2n) is 4.74. The molecule has 1 spiro atoms. The van der Waals surface area contributed by atoms with E-state index in [1.165, 1.54) is 30.8 Å². The number of ether oxygens (including phenoxy) is 1. The predicted molar refractivity (Wildman–Crippen MR) is 61.7 cm³/mol. The van der Waals surface area contributed by atoms with Gasteiger partial charge in [0.2, 0.25) is 0 Å². The summed E-state index contributed by atoms with van der Waals surface area (Å²) in [5, 5.41) is 3.76. The Morgan fingerprint density at radius 3 is 2.64 bits per heavy atom. The first-order valence-electron chi connectivity index (χ1n) is 5.69. The maximum Gasteiger partial charge on any atom is 0.121 e. The molecule has 1 unspecified atom stereocenters. The van der Waals surface area contributed by atoms with E-state index in [0.29, 0.717) is 5.54 Å². The van der Waals surface area contributed by atoms with Gasteiger partial charge < -0.3 is 4.74 Å². The monoisotopic (exact) mass is 215 g/mol. The first kappa shape index (κ1) is 10.8. The lowest BCUT2D eigenvalue weighted by Gasteiger charge is -2.49. The van der Waals surface area contributed by atoms with Crippen LogP contribution in [0.1, 0.15) is 39.5 Å². The van der Waals surface area contributed by atoms with Gasteiger partial charge >= 0.3 is 0 Å². The maximum atomic E-state index is 5.98. The molecule has 0 saturated carbocycles. The Balaban J connectivity index is 2.04. The second kappa shape index (κ2) is 4.03. The fraction of sp³-hybridized carbons (Fsp3) is 1.00. The van der Waals surface area contributed by atoms with E-state index in [-0.39, 0.29) is 5.72 Å². The van der Waals surface area contributed by atoms with Crippen molar-refractivity contribution in [3.05, 3.63) is 0 Å². The van der Waals surface area contributed by atoms with Crippen molar-refractivity contribution in [3.8, 4) is 0 Å². The highest BCUT2D eigenvalue weighted by Crippen LogP contribution is 2.35. The summed E-state index contributed by atoms with van der Waals surface area (Å²) in [6.45, 7) is 5.53. The van der Waals surface area contributed by atoms with Gasteiger partial charge in [0.15, 0.2) is 0 Å². The minimum Gasteiger partial charge on any atom is -0.360 e. The van der Waals surface area contributed by atoms with Gasteiger partial charge in [-0.15, -0.1) is 0 Å². The van der Waals surface area contributed by atoms with Crippen LogP contribution < -0.4 is 5.32 Å². The van der Waals surface area contributed by atoms with Gasteiger partial charge in [-0.25, -0.2) is 0 Å². The van der Waals surface area contributed by atoms with E-state index in [0.717, 1.165) is 13.0 Å². The van der Waals surface area contributed by atoms with E-state index >= 15 is 0 Å². The number of hydrogen-bond donors (Lipinski definition) is 1. The van der Waals surface area contributed by atoms with E-state index in [9.17, 15) is 0 Å². The quantitative estimate of drug-likeness (QED) is 0.725. The second-order valence-corrected chi connectivity index (χ2v) is 5.97. The fourth-order valence-electron chi connectivity index (χ4n) is 2.36. The van der Waals surface area contributed by atoms with Crippen LogP contribution in [0.2, 0.25) is 0 Å². The summed E-state index contributed by atoms with van der Waals surface area (Å²) >= 11 is 2.05. The Kier molecular flexibility index (Phi) is 3.10. The Bertz CT molecular complexity index is 198. The molecule has 2 rings (SSSR count). The summed E-state index contributed by atoms with van der Waals surface area (Å²) in [7, 11) is 0. The van der Waals surface area contributed by atoms with Gasteiger partial charge in [-0.1, -0.05) is 6.92 Å². The molecule has 0 aromatic carbocycles. The molecule has 1 atom stereocenters. The first-order valence-corrected chi connectivity index (χ1v) is 6.85. The Morgan fingerprint density at radius 2 is 2.00 bits per heavy atom. The van der Waals surface area contributed by atoms with Crippen LogP contribution in [0.3, 0.4) is 0 Å². The molecule has 2 saturated heterocycles. The molecule has 0 aliphatic carbocycles. The van der Waals surface area contributed by atoms with E-state index in [1.807, 2.05) is 0 Å². The van der Waals surface area contributed by atoms with Crippen molar-refractivity contribution < 1.29 is 4.74 Å². The third-order valence-electron chi connectivity index (χ3n) is 3.64. The zero-order valence-corrected chi connectivity index (χ0v) is 10.1. The van der Waals surface area contributed by atoms with Crippen LogP contribution in [-0.4, -0.2) is 29.4 Å². The first-order chi connectivity index (χ1) is 6.68. The van der Waals surface area contributed by atoms with Gasteiger partial charge in [-0.3, -0.25) is 5.32 Å². The molecule has 82 valence electrons. The third-order valence-corrected chi connectivity index (χ3v) is 4.63. The lowest BCUT2D eigenvalue weighted by molar-refractivity contribution is -0.134. The highest BCUT2D eigenvalue weighted by Gasteiger charge is 2.42. The Morgan fingerprint density at radius 1 is 1.29 bits per heavy atom. The van der Waals surface area contributed by atoms with Crippen molar-refractivity contribution in [1.82, 2.24) is 5.32 Å². The molecular formula is C11H21NOS. The molecule has 3 heteroatoms. The van der Waals surface area contributed by atoms with Crippen molar-refractivity contribution in [2.24, 2.45) is 0 Å². The van der Waals surface area contributed by atoms with E-state index in [2.05, 4.69) is 30.9 Å². The number of nitrogens with one attached hydrogen (secondary N) is 1. The molecule has 0 aromatic rings. The normalized spacial score (nSPS) is 37.3. The fourth-order valence-corrected chi connectivity index (χ4v) is 3.51. The predicted octanol–water partition coefficient (Wildman–Crippen LogP) is 2.39. The molecule has 14 heavy (non-hydrogen) atoms. The molecule has 2 heterocycles. The van der Waals surface area contributed by atoms with Gasteiger partial charge in [0.25, 0.3) is 0 Å². The Labute approximate surface area is 91.2 Å².